The van der Waals surface area contributed by atoms with E-state index in [-0.39, 0.29) is 22.9 Å². The molecule has 5 nitrogen and oxygen atoms in total. The van der Waals surface area contributed by atoms with Crippen molar-refractivity contribution in [3.05, 3.63) is 42.5 Å². The van der Waals surface area contributed by atoms with E-state index >= 15 is 0 Å². The Kier molecular flexibility index (Phi) is 13.2. The van der Waals surface area contributed by atoms with E-state index in [9.17, 15) is 14.4 Å². The summed E-state index contributed by atoms with van der Waals surface area (Å²) in [5.74, 6) is -0.682. The zero-order chi connectivity index (χ0) is 25.5. The lowest BCUT2D eigenvalue weighted by Gasteiger charge is -2.35. The molecule has 2 rings (SSSR count). The number of ether oxygens (including phenoxy) is 2. The molecule has 1 aliphatic rings. The molecule has 0 aromatic heterocycles. The van der Waals surface area contributed by atoms with Crippen molar-refractivity contribution in [1.82, 2.24) is 0 Å². The summed E-state index contributed by atoms with van der Waals surface area (Å²) in [6.45, 7) is 2.20. The van der Waals surface area contributed by atoms with Crippen LogP contribution in [0.1, 0.15) is 84.0 Å². The van der Waals surface area contributed by atoms with Gasteiger partial charge in [-0.3, -0.25) is 14.4 Å². The third-order valence-corrected chi connectivity index (χ3v) is 8.31. The van der Waals surface area contributed by atoms with Gasteiger partial charge in [-0.15, -0.1) is 11.8 Å². The molecule has 6 heteroatoms. The summed E-state index contributed by atoms with van der Waals surface area (Å²) in [5, 5.41) is 0.0175. The first kappa shape index (κ1) is 29.2. The fraction of sp³-hybridized carbons (Fsp3) is 0.621. The van der Waals surface area contributed by atoms with Gasteiger partial charge in [0, 0.05) is 23.0 Å². The fourth-order valence-electron chi connectivity index (χ4n) is 5.06. The van der Waals surface area contributed by atoms with Crippen LogP contribution in [0.15, 0.2) is 47.4 Å². The van der Waals surface area contributed by atoms with Crippen LogP contribution in [0.5, 0.6) is 0 Å². The highest BCUT2D eigenvalue weighted by molar-refractivity contribution is 8.00. The van der Waals surface area contributed by atoms with E-state index in [1.165, 1.54) is 27.1 Å². The second-order valence-corrected chi connectivity index (χ2v) is 10.6. The molecule has 3 atom stereocenters. The van der Waals surface area contributed by atoms with Crippen molar-refractivity contribution in [2.45, 2.75) is 94.1 Å². The molecule has 0 bridgehead atoms. The van der Waals surface area contributed by atoms with Gasteiger partial charge in [-0.05, 0) is 50.2 Å². The first-order chi connectivity index (χ1) is 17.0. The second-order valence-electron chi connectivity index (χ2n) is 9.34. The van der Waals surface area contributed by atoms with Crippen molar-refractivity contribution in [2.75, 3.05) is 14.2 Å². The van der Waals surface area contributed by atoms with Gasteiger partial charge in [-0.2, -0.15) is 0 Å². The molecule has 0 N–H and O–H groups in total. The van der Waals surface area contributed by atoms with Gasteiger partial charge in [0.15, 0.2) is 5.78 Å². The Morgan fingerprint density at radius 3 is 2.49 bits per heavy atom. The molecule has 1 aromatic rings. The minimum Gasteiger partial charge on any atom is -0.469 e. The summed E-state index contributed by atoms with van der Waals surface area (Å²) >= 11 is 1.74. The van der Waals surface area contributed by atoms with Gasteiger partial charge in [-0.1, -0.05) is 69.4 Å². The van der Waals surface area contributed by atoms with E-state index in [1.54, 1.807) is 11.8 Å². The van der Waals surface area contributed by atoms with Gasteiger partial charge in [-0.25, -0.2) is 0 Å². The number of hydrogen-bond acceptors (Lipinski definition) is 6. The monoisotopic (exact) mass is 502 g/mol. The van der Waals surface area contributed by atoms with Crippen molar-refractivity contribution in [3.63, 3.8) is 0 Å². The number of Topliss-reactive ketones (excluding diaryl/α,β-unsaturated/α-hetero) is 1. The van der Waals surface area contributed by atoms with Crippen LogP contribution in [-0.4, -0.2) is 37.2 Å². The molecule has 0 amide bonds. The Bertz CT molecular complexity index is 822. The Morgan fingerprint density at radius 1 is 1.06 bits per heavy atom. The molecule has 35 heavy (non-hydrogen) atoms. The van der Waals surface area contributed by atoms with E-state index in [2.05, 4.69) is 31.2 Å². The Balaban J connectivity index is 2.20. The second kappa shape index (κ2) is 15.8. The van der Waals surface area contributed by atoms with Crippen LogP contribution >= 0.6 is 11.8 Å². The zero-order valence-corrected chi connectivity index (χ0v) is 22.4. The summed E-state index contributed by atoms with van der Waals surface area (Å²) in [6, 6.07) is 10.2. The van der Waals surface area contributed by atoms with Crippen molar-refractivity contribution in [1.29, 1.82) is 0 Å². The van der Waals surface area contributed by atoms with E-state index in [1.807, 2.05) is 18.2 Å². The Labute approximate surface area is 215 Å². The number of ketones is 1. The van der Waals surface area contributed by atoms with E-state index in [0.29, 0.717) is 25.7 Å². The summed E-state index contributed by atoms with van der Waals surface area (Å²) in [4.78, 5) is 39.1. The summed E-state index contributed by atoms with van der Waals surface area (Å²) in [7, 11) is 2.79. The molecule has 194 valence electrons. The van der Waals surface area contributed by atoms with Crippen LogP contribution in [-0.2, 0) is 23.9 Å². The van der Waals surface area contributed by atoms with Gasteiger partial charge < -0.3 is 9.47 Å². The number of methoxy groups -OCH3 is 2. The SMILES string of the molecule is CCCCC/C=C/C(Sc1ccccc1)C1CCC(=O)C1(CCCCCCC(=O)OC)C(=O)OC. The largest absolute Gasteiger partial charge is 0.469 e. The van der Waals surface area contributed by atoms with Crippen LogP contribution in [0, 0.1) is 11.3 Å². The molecule has 1 saturated carbocycles. The van der Waals surface area contributed by atoms with Gasteiger partial charge in [0.1, 0.15) is 5.41 Å². The molecular weight excluding hydrogens is 460 g/mol. The van der Waals surface area contributed by atoms with Gasteiger partial charge in [0.25, 0.3) is 0 Å². The molecule has 0 spiro atoms. The van der Waals surface area contributed by atoms with Gasteiger partial charge in [0.2, 0.25) is 0 Å². The van der Waals surface area contributed by atoms with Gasteiger partial charge >= 0.3 is 11.9 Å². The van der Waals surface area contributed by atoms with Crippen LogP contribution in [0.2, 0.25) is 0 Å². The Morgan fingerprint density at radius 2 is 1.80 bits per heavy atom. The number of hydrogen-bond donors (Lipinski definition) is 0. The number of allylic oxidation sites excluding steroid dienone is 1. The number of carbonyl (C=O) groups excluding carboxylic acids is 3. The summed E-state index contributed by atoms with van der Waals surface area (Å²) in [6.07, 6.45) is 14.2. The molecule has 1 fully saturated rings. The number of benzene rings is 1. The smallest absolute Gasteiger partial charge is 0.319 e. The highest BCUT2D eigenvalue weighted by atomic mass is 32.2. The maximum Gasteiger partial charge on any atom is 0.319 e. The van der Waals surface area contributed by atoms with E-state index in [4.69, 9.17) is 9.47 Å². The number of carbonyl (C=O) groups is 3. The predicted molar refractivity (Wildman–Crippen MR) is 141 cm³/mol. The molecule has 1 aliphatic carbocycles. The molecule has 0 saturated heterocycles. The van der Waals surface area contributed by atoms with E-state index < -0.39 is 11.4 Å². The van der Waals surface area contributed by atoms with Crippen molar-refractivity contribution < 1.29 is 23.9 Å². The molecule has 1 aromatic carbocycles. The van der Waals surface area contributed by atoms with E-state index in [0.717, 1.165) is 43.4 Å². The standard InChI is InChI=1S/C29H42O5S/c1-4-5-6-7-13-18-25(35-23-16-11-10-12-17-23)24-20-21-26(30)29(24,28(32)34-3)22-15-9-8-14-19-27(31)33-2/h10-13,16-18,24-25H,4-9,14-15,19-22H2,1-3H3/b18-13+. The number of unbranched alkanes of at least 4 members (excludes halogenated alkanes) is 6. The quantitative estimate of drug-likeness (QED) is 0.0802. The normalized spacial score (nSPS) is 20.8. The summed E-state index contributed by atoms with van der Waals surface area (Å²) < 4.78 is 9.97. The molecule has 0 heterocycles. The van der Waals surface area contributed by atoms with Crippen molar-refractivity contribution >= 4 is 29.5 Å². The molecule has 0 radical (unpaired) electrons. The molecule has 3 unspecified atom stereocenters. The maximum absolute atomic E-state index is 13.3. The maximum atomic E-state index is 13.3. The lowest BCUT2D eigenvalue weighted by molar-refractivity contribution is -0.159. The Hall–Kier alpha value is -2.08. The topological polar surface area (TPSA) is 69.7 Å². The predicted octanol–water partition coefficient (Wildman–Crippen LogP) is 6.94. The number of thioether (sulfide) groups is 1. The highest BCUT2D eigenvalue weighted by Gasteiger charge is 2.57. The van der Waals surface area contributed by atoms with Crippen LogP contribution in [0.25, 0.3) is 0 Å². The number of esters is 2. The average molecular weight is 503 g/mol. The van der Waals surface area contributed by atoms with Gasteiger partial charge in [0.05, 0.1) is 14.2 Å². The fourth-order valence-corrected chi connectivity index (χ4v) is 6.42. The minimum atomic E-state index is -1.10. The van der Waals surface area contributed by atoms with Crippen molar-refractivity contribution in [2.24, 2.45) is 11.3 Å². The highest BCUT2D eigenvalue weighted by Crippen LogP contribution is 2.51. The first-order valence-corrected chi connectivity index (χ1v) is 13.9. The van der Waals surface area contributed by atoms with Crippen LogP contribution in [0.3, 0.4) is 0 Å². The zero-order valence-electron chi connectivity index (χ0n) is 21.6. The lowest BCUT2D eigenvalue weighted by Crippen LogP contribution is -2.45. The van der Waals surface area contributed by atoms with Crippen molar-refractivity contribution in [3.8, 4) is 0 Å². The molecular formula is C29H42O5S. The van der Waals surface area contributed by atoms with Crippen LogP contribution < -0.4 is 0 Å². The third kappa shape index (κ3) is 8.52. The summed E-state index contributed by atoms with van der Waals surface area (Å²) in [5.41, 5.74) is -1.10. The van der Waals surface area contributed by atoms with Crippen LogP contribution in [0.4, 0.5) is 0 Å². The first-order valence-electron chi connectivity index (χ1n) is 13.1. The molecule has 0 aliphatic heterocycles. The average Bonchev–Trinajstić information content (AvgIpc) is 3.21. The lowest BCUT2D eigenvalue weighted by atomic mass is 9.71. The third-order valence-electron chi connectivity index (χ3n) is 7.00. The minimum absolute atomic E-state index is 0.0157. The number of rotatable bonds is 16.